The molecule has 0 aliphatic rings. The van der Waals surface area contributed by atoms with Crippen LogP contribution in [0.5, 0.6) is 5.75 Å². The molecule has 2 heterocycles. The van der Waals surface area contributed by atoms with Crippen LogP contribution in [0.3, 0.4) is 0 Å². The lowest BCUT2D eigenvalue weighted by Gasteiger charge is -2.12. The van der Waals surface area contributed by atoms with E-state index in [4.69, 9.17) is 9.84 Å². The fourth-order valence-corrected chi connectivity index (χ4v) is 1.64. The first-order chi connectivity index (χ1) is 9.36. The number of aromatic nitrogens is 3. The maximum Gasteiger partial charge on any atom is 0.434 e. The van der Waals surface area contributed by atoms with E-state index in [-0.39, 0.29) is 11.6 Å². The van der Waals surface area contributed by atoms with E-state index in [1.54, 1.807) is 0 Å². The zero-order valence-electron chi connectivity index (χ0n) is 10.0. The second-order valence-electron chi connectivity index (χ2n) is 3.65. The number of ether oxygens (including phenoxy) is 1. The largest absolute Gasteiger partial charge is 0.493 e. The standard InChI is InChI=1S/C11H8F3N3O3/c1-20-7-3-2-4-15-9(7)17-8(11(12,13)14)6(5-16-17)10(18)19/h2-5H,1H3,(H,18,19). The minimum absolute atomic E-state index is 0.0399. The number of halogens is 3. The minimum Gasteiger partial charge on any atom is -0.493 e. The maximum absolute atomic E-state index is 13.0. The van der Waals surface area contributed by atoms with Gasteiger partial charge >= 0.3 is 12.1 Å². The van der Waals surface area contributed by atoms with Crippen molar-refractivity contribution in [2.45, 2.75) is 6.18 Å². The lowest BCUT2D eigenvalue weighted by Crippen LogP contribution is -2.18. The second kappa shape index (κ2) is 4.83. The van der Waals surface area contributed by atoms with Crippen LogP contribution in [0.1, 0.15) is 16.1 Å². The fraction of sp³-hybridized carbons (Fsp3) is 0.182. The predicted octanol–water partition coefficient (Wildman–Crippen LogP) is 1.99. The summed E-state index contributed by atoms with van der Waals surface area (Å²) in [5, 5.41) is 12.3. The molecule has 0 unspecified atom stereocenters. The summed E-state index contributed by atoms with van der Waals surface area (Å²) in [7, 11) is 1.26. The summed E-state index contributed by atoms with van der Waals surface area (Å²) in [6.07, 6.45) is -3.02. The Morgan fingerprint density at radius 3 is 2.70 bits per heavy atom. The number of carbonyl (C=O) groups is 1. The van der Waals surface area contributed by atoms with E-state index in [0.717, 1.165) is 0 Å². The van der Waals surface area contributed by atoms with Gasteiger partial charge < -0.3 is 9.84 Å². The Morgan fingerprint density at radius 1 is 1.45 bits per heavy atom. The van der Waals surface area contributed by atoms with Crippen molar-refractivity contribution in [3.05, 3.63) is 35.8 Å². The van der Waals surface area contributed by atoms with Gasteiger partial charge in [0.2, 0.25) is 0 Å². The molecule has 0 aromatic carbocycles. The molecule has 106 valence electrons. The summed E-state index contributed by atoms with van der Waals surface area (Å²) in [6.45, 7) is 0. The average Bonchev–Trinajstić information content (AvgIpc) is 2.83. The number of nitrogens with zero attached hydrogens (tertiary/aromatic N) is 3. The van der Waals surface area contributed by atoms with Gasteiger partial charge in [-0.25, -0.2) is 14.5 Å². The third-order valence-electron chi connectivity index (χ3n) is 2.44. The number of alkyl halides is 3. The Labute approximate surface area is 110 Å². The van der Waals surface area contributed by atoms with Crippen molar-refractivity contribution in [2.75, 3.05) is 7.11 Å². The summed E-state index contributed by atoms with van der Waals surface area (Å²) >= 11 is 0. The molecule has 9 heteroatoms. The smallest absolute Gasteiger partial charge is 0.434 e. The molecule has 0 fully saturated rings. The van der Waals surface area contributed by atoms with Crippen molar-refractivity contribution in [3.63, 3.8) is 0 Å². The SMILES string of the molecule is COc1cccnc1-n1ncc(C(=O)O)c1C(F)(F)F. The highest BCUT2D eigenvalue weighted by Gasteiger charge is 2.41. The van der Waals surface area contributed by atoms with E-state index in [1.165, 1.54) is 25.4 Å². The molecule has 6 nitrogen and oxygen atoms in total. The summed E-state index contributed by atoms with van der Waals surface area (Å²) in [5.74, 6) is -1.92. The number of methoxy groups -OCH3 is 1. The average molecular weight is 287 g/mol. The van der Waals surface area contributed by atoms with Gasteiger partial charge in [-0.2, -0.15) is 18.3 Å². The van der Waals surface area contributed by atoms with Crippen LogP contribution in [-0.4, -0.2) is 33.0 Å². The van der Waals surface area contributed by atoms with Gasteiger partial charge in [-0.1, -0.05) is 0 Å². The van der Waals surface area contributed by atoms with E-state index >= 15 is 0 Å². The highest BCUT2D eigenvalue weighted by atomic mass is 19.4. The molecule has 20 heavy (non-hydrogen) atoms. The number of hydrogen-bond donors (Lipinski definition) is 1. The van der Waals surface area contributed by atoms with Crippen LogP contribution in [0.4, 0.5) is 13.2 Å². The molecule has 0 amide bonds. The normalized spacial score (nSPS) is 11.4. The molecule has 0 radical (unpaired) electrons. The molecule has 0 atom stereocenters. The van der Waals surface area contributed by atoms with Crippen LogP contribution in [0, 0.1) is 0 Å². The van der Waals surface area contributed by atoms with Crippen molar-refractivity contribution >= 4 is 5.97 Å². The molecular weight excluding hydrogens is 279 g/mol. The van der Waals surface area contributed by atoms with E-state index < -0.39 is 23.4 Å². The number of rotatable bonds is 3. The Balaban J connectivity index is 2.72. The summed E-state index contributed by atoms with van der Waals surface area (Å²) in [5.41, 5.74) is -2.37. The molecule has 1 N–H and O–H groups in total. The third-order valence-corrected chi connectivity index (χ3v) is 2.44. The first-order valence-corrected chi connectivity index (χ1v) is 5.24. The van der Waals surface area contributed by atoms with Crippen LogP contribution < -0.4 is 4.74 Å². The zero-order valence-corrected chi connectivity index (χ0v) is 10.0. The van der Waals surface area contributed by atoms with Crippen molar-refractivity contribution in [2.24, 2.45) is 0 Å². The Bertz CT molecular complexity index is 652. The molecular formula is C11H8F3N3O3. The van der Waals surface area contributed by atoms with E-state index in [0.29, 0.717) is 10.9 Å². The van der Waals surface area contributed by atoms with Crippen molar-refractivity contribution in [1.82, 2.24) is 14.8 Å². The van der Waals surface area contributed by atoms with Gasteiger partial charge in [0.05, 0.1) is 13.3 Å². The fourth-order valence-electron chi connectivity index (χ4n) is 1.64. The van der Waals surface area contributed by atoms with Crippen LogP contribution in [-0.2, 0) is 6.18 Å². The molecule has 2 aromatic heterocycles. The summed E-state index contributed by atoms with van der Waals surface area (Å²) in [4.78, 5) is 14.6. The molecule has 0 saturated heterocycles. The number of carboxylic acids is 1. The number of pyridine rings is 1. The van der Waals surface area contributed by atoms with Gasteiger partial charge in [0, 0.05) is 6.20 Å². The van der Waals surface area contributed by atoms with Crippen molar-refractivity contribution < 1.29 is 27.8 Å². The monoisotopic (exact) mass is 287 g/mol. The van der Waals surface area contributed by atoms with E-state index in [1.807, 2.05) is 0 Å². The van der Waals surface area contributed by atoms with Crippen LogP contribution in [0.25, 0.3) is 5.82 Å². The van der Waals surface area contributed by atoms with E-state index in [2.05, 4.69) is 10.1 Å². The van der Waals surface area contributed by atoms with Crippen molar-refractivity contribution in [3.8, 4) is 11.6 Å². The van der Waals surface area contributed by atoms with Gasteiger partial charge in [-0.05, 0) is 12.1 Å². The van der Waals surface area contributed by atoms with Gasteiger partial charge in [0.1, 0.15) is 5.56 Å². The zero-order chi connectivity index (χ0) is 14.9. The second-order valence-corrected chi connectivity index (χ2v) is 3.65. The molecule has 2 aromatic rings. The van der Waals surface area contributed by atoms with Gasteiger partial charge in [-0.3, -0.25) is 0 Å². The number of carboxylic acid groups (broad SMARTS) is 1. The number of hydrogen-bond acceptors (Lipinski definition) is 4. The topological polar surface area (TPSA) is 77.2 Å². The quantitative estimate of drug-likeness (QED) is 0.934. The maximum atomic E-state index is 13.0. The van der Waals surface area contributed by atoms with Gasteiger partial charge in [0.25, 0.3) is 0 Å². The molecule has 0 saturated carbocycles. The predicted molar refractivity (Wildman–Crippen MR) is 59.9 cm³/mol. The highest BCUT2D eigenvalue weighted by molar-refractivity contribution is 5.89. The highest BCUT2D eigenvalue weighted by Crippen LogP contribution is 2.34. The molecule has 0 aliphatic carbocycles. The lowest BCUT2D eigenvalue weighted by atomic mass is 10.2. The third kappa shape index (κ3) is 2.29. The van der Waals surface area contributed by atoms with Crippen LogP contribution in [0.2, 0.25) is 0 Å². The number of aromatic carboxylic acids is 1. The van der Waals surface area contributed by atoms with Crippen molar-refractivity contribution in [1.29, 1.82) is 0 Å². The molecule has 2 rings (SSSR count). The Morgan fingerprint density at radius 2 is 2.15 bits per heavy atom. The first-order valence-electron chi connectivity index (χ1n) is 5.24. The molecule has 0 aliphatic heterocycles. The Kier molecular flexibility index (Phi) is 3.35. The van der Waals surface area contributed by atoms with Crippen LogP contribution >= 0.6 is 0 Å². The first kappa shape index (κ1) is 13.8. The lowest BCUT2D eigenvalue weighted by molar-refractivity contribution is -0.143. The minimum atomic E-state index is -4.90. The van der Waals surface area contributed by atoms with Crippen LogP contribution in [0.15, 0.2) is 24.5 Å². The van der Waals surface area contributed by atoms with Gasteiger partial charge in [-0.15, -0.1) is 0 Å². The summed E-state index contributed by atoms with van der Waals surface area (Å²) < 4.78 is 44.4. The van der Waals surface area contributed by atoms with E-state index in [9.17, 15) is 18.0 Å². The molecule has 0 spiro atoms. The van der Waals surface area contributed by atoms with Gasteiger partial charge in [0.15, 0.2) is 17.3 Å². The Hall–Kier alpha value is -2.58. The molecule has 0 bridgehead atoms. The summed E-state index contributed by atoms with van der Waals surface area (Å²) in [6, 6.07) is 2.86.